The first-order chi connectivity index (χ1) is 9.06. The molecule has 4 heteroatoms. The minimum Gasteiger partial charge on any atom is -0.365 e. The van der Waals surface area contributed by atoms with Crippen LogP contribution in [0.3, 0.4) is 0 Å². The second-order valence-electron chi connectivity index (χ2n) is 6.32. The molecular formula is C15H22N4. The Morgan fingerprint density at radius 1 is 1.37 bits per heavy atom. The van der Waals surface area contributed by atoms with Gasteiger partial charge in [0.25, 0.3) is 0 Å². The quantitative estimate of drug-likeness (QED) is 0.897. The Labute approximate surface area is 114 Å². The molecule has 1 unspecified atom stereocenters. The molecule has 0 spiro atoms. The van der Waals surface area contributed by atoms with E-state index in [2.05, 4.69) is 35.3 Å². The van der Waals surface area contributed by atoms with Crippen molar-refractivity contribution in [3.05, 3.63) is 24.2 Å². The molecular weight excluding hydrogens is 236 g/mol. The van der Waals surface area contributed by atoms with Crippen molar-refractivity contribution in [2.45, 2.75) is 52.5 Å². The van der Waals surface area contributed by atoms with Gasteiger partial charge in [0.05, 0.1) is 5.69 Å². The molecule has 2 heterocycles. The first-order valence-corrected chi connectivity index (χ1v) is 7.14. The summed E-state index contributed by atoms with van der Waals surface area (Å²) in [5.74, 6) is 0.961. The third kappa shape index (κ3) is 2.31. The molecule has 2 aromatic rings. The SMILES string of the molecule is Cc1cc2c(NC3CCCCC3(C)C)nccn2n1. The second-order valence-corrected chi connectivity index (χ2v) is 6.32. The average molecular weight is 258 g/mol. The van der Waals surface area contributed by atoms with E-state index in [-0.39, 0.29) is 0 Å². The Morgan fingerprint density at radius 2 is 2.21 bits per heavy atom. The van der Waals surface area contributed by atoms with Gasteiger partial charge in [0.2, 0.25) is 0 Å². The number of aryl methyl sites for hydroxylation is 1. The van der Waals surface area contributed by atoms with Gasteiger partial charge < -0.3 is 5.32 Å². The predicted octanol–water partition coefficient (Wildman–Crippen LogP) is 3.42. The topological polar surface area (TPSA) is 42.2 Å². The van der Waals surface area contributed by atoms with E-state index in [9.17, 15) is 0 Å². The highest BCUT2D eigenvalue weighted by atomic mass is 15.2. The van der Waals surface area contributed by atoms with Crippen LogP contribution in [-0.4, -0.2) is 20.6 Å². The van der Waals surface area contributed by atoms with Gasteiger partial charge >= 0.3 is 0 Å². The van der Waals surface area contributed by atoms with Gasteiger partial charge in [-0.15, -0.1) is 0 Å². The average Bonchev–Trinajstić information content (AvgIpc) is 2.73. The van der Waals surface area contributed by atoms with E-state index in [1.165, 1.54) is 25.7 Å². The van der Waals surface area contributed by atoms with Crippen molar-refractivity contribution in [2.75, 3.05) is 5.32 Å². The van der Waals surface area contributed by atoms with Crippen LogP contribution in [0.15, 0.2) is 18.5 Å². The summed E-state index contributed by atoms with van der Waals surface area (Å²) in [6, 6.07) is 2.58. The van der Waals surface area contributed by atoms with Gasteiger partial charge in [0.1, 0.15) is 5.52 Å². The Hall–Kier alpha value is -1.58. The molecule has 1 aliphatic carbocycles. The van der Waals surface area contributed by atoms with Gasteiger partial charge in [-0.25, -0.2) is 9.50 Å². The summed E-state index contributed by atoms with van der Waals surface area (Å²) in [6.45, 7) is 6.72. The van der Waals surface area contributed by atoms with Gasteiger partial charge in [-0.1, -0.05) is 26.7 Å². The largest absolute Gasteiger partial charge is 0.365 e. The first kappa shape index (κ1) is 12.5. The molecule has 1 saturated carbocycles. The number of fused-ring (bicyclic) bond motifs is 1. The minimum absolute atomic E-state index is 0.335. The van der Waals surface area contributed by atoms with Crippen LogP contribution in [0.1, 0.15) is 45.2 Å². The van der Waals surface area contributed by atoms with Crippen molar-refractivity contribution in [3.8, 4) is 0 Å². The zero-order chi connectivity index (χ0) is 13.5. The van der Waals surface area contributed by atoms with Gasteiger partial charge in [0, 0.05) is 18.4 Å². The van der Waals surface area contributed by atoms with Crippen LogP contribution in [0.2, 0.25) is 0 Å². The minimum atomic E-state index is 0.335. The van der Waals surface area contributed by atoms with Crippen molar-refractivity contribution in [1.29, 1.82) is 0 Å². The Kier molecular flexibility index (Phi) is 2.96. The molecule has 19 heavy (non-hydrogen) atoms. The lowest BCUT2D eigenvalue weighted by molar-refractivity contribution is 0.217. The van der Waals surface area contributed by atoms with Crippen LogP contribution in [0, 0.1) is 12.3 Å². The number of rotatable bonds is 2. The van der Waals surface area contributed by atoms with E-state index in [0.29, 0.717) is 11.5 Å². The van der Waals surface area contributed by atoms with Crippen molar-refractivity contribution >= 4 is 11.3 Å². The van der Waals surface area contributed by atoms with Gasteiger partial charge in [-0.2, -0.15) is 5.10 Å². The molecule has 2 aromatic heterocycles. The van der Waals surface area contributed by atoms with Crippen LogP contribution in [-0.2, 0) is 0 Å². The standard InChI is InChI=1S/C15H22N4/c1-11-10-12-14(16-8-9-19(12)18-11)17-13-6-4-5-7-15(13,2)3/h8-10,13H,4-7H2,1-3H3,(H,16,17). The third-order valence-electron chi connectivity index (χ3n) is 4.33. The number of hydrogen-bond donors (Lipinski definition) is 1. The molecule has 0 aliphatic heterocycles. The van der Waals surface area contributed by atoms with E-state index in [1.807, 2.05) is 23.8 Å². The lowest BCUT2D eigenvalue weighted by atomic mass is 9.73. The molecule has 1 N–H and O–H groups in total. The summed E-state index contributed by atoms with van der Waals surface area (Å²) < 4.78 is 1.90. The van der Waals surface area contributed by atoms with Crippen LogP contribution < -0.4 is 5.32 Å². The highest BCUT2D eigenvalue weighted by Gasteiger charge is 2.32. The number of hydrogen-bond acceptors (Lipinski definition) is 3. The van der Waals surface area contributed by atoms with E-state index < -0.39 is 0 Å². The molecule has 1 fully saturated rings. The fraction of sp³-hybridized carbons (Fsp3) is 0.600. The summed E-state index contributed by atoms with van der Waals surface area (Å²) in [5.41, 5.74) is 2.43. The molecule has 0 bridgehead atoms. The number of nitrogens with zero attached hydrogens (tertiary/aromatic N) is 3. The summed E-state index contributed by atoms with van der Waals surface area (Å²) in [5, 5.41) is 8.10. The lowest BCUT2D eigenvalue weighted by Crippen LogP contribution is -2.39. The van der Waals surface area contributed by atoms with E-state index >= 15 is 0 Å². The number of anilines is 1. The van der Waals surface area contributed by atoms with E-state index in [4.69, 9.17) is 0 Å². The molecule has 4 nitrogen and oxygen atoms in total. The zero-order valence-electron chi connectivity index (χ0n) is 12.0. The Bertz CT molecular complexity index is 585. The molecule has 0 amide bonds. The molecule has 3 rings (SSSR count). The Balaban J connectivity index is 1.92. The fourth-order valence-electron chi connectivity index (χ4n) is 3.08. The van der Waals surface area contributed by atoms with Crippen LogP contribution in [0.4, 0.5) is 5.82 Å². The van der Waals surface area contributed by atoms with Crippen LogP contribution in [0.25, 0.3) is 5.52 Å². The molecule has 1 aliphatic rings. The number of nitrogens with one attached hydrogen (secondary N) is 1. The maximum atomic E-state index is 4.51. The molecule has 0 radical (unpaired) electrons. The summed E-state index contributed by atoms with van der Waals surface area (Å²) in [4.78, 5) is 4.51. The van der Waals surface area contributed by atoms with Gasteiger partial charge in [-0.05, 0) is 31.2 Å². The molecule has 0 aromatic carbocycles. The lowest BCUT2D eigenvalue weighted by Gasteiger charge is -2.39. The van der Waals surface area contributed by atoms with E-state index in [0.717, 1.165) is 17.0 Å². The maximum Gasteiger partial charge on any atom is 0.152 e. The third-order valence-corrected chi connectivity index (χ3v) is 4.33. The molecule has 102 valence electrons. The van der Waals surface area contributed by atoms with Crippen molar-refractivity contribution in [3.63, 3.8) is 0 Å². The normalized spacial score (nSPS) is 22.6. The van der Waals surface area contributed by atoms with Crippen LogP contribution >= 0.6 is 0 Å². The van der Waals surface area contributed by atoms with E-state index in [1.54, 1.807) is 0 Å². The second kappa shape index (κ2) is 4.51. The summed E-state index contributed by atoms with van der Waals surface area (Å²) in [7, 11) is 0. The summed E-state index contributed by atoms with van der Waals surface area (Å²) >= 11 is 0. The fourth-order valence-corrected chi connectivity index (χ4v) is 3.08. The number of aromatic nitrogens is 3. The molecule has 0 saturated heterocycles. The van der Waals surface area contributed by atoms with Crippen molar-refractivity contribution < 1.29 is 0 Å². The van der Waals surface area contributed by atoms with Gasteiger partial charge in [0.15, 0.2) is 5.82 Å². The zero-order valence-corrected chi connectivity index (χ0v) is 12.0. The Morgan fingerprint density at radius 3 is 3.00 bits per heavy atom. The molecule has 1 atom stereocenters. The highest BCUT2D eigenvalue weighted by Crippen LogP contribution is 2.37. The first-order valence-electron chi connectivity index (χ1n) is 7.14. The van der Waals surface area contributed by atoms with Crippen molar-refractivity contribution in [2.24, 2.45) is 5.41 Å². The monoisotopic (exact) mass is 258 g/mol. The van der Waals surface area contributed by atoms with Gasteiger partial charge in [-0.3, -0.25) is 0 Å². The smallest absolute Gasteiger partial charge is 0.152 e. The maximum absolute atomic E-state index is 4.51. The predicted molar refractivity (Wildman–Crippen MR) is 77.4 cm³/mol. The summed E-state index contributed by atoms with van der Waals surface area (Å²) in [6.07, 6.45) is 8.88. The highest BCUT2D eigenvalue weighted by molar-refractivity contribution is 5.68. The van der Waals surface area contributed by atoms with Crippen molar-refractivity contribution in [1.82, 2.24) is 14.6 Å². The van der Waals surface area contributed by atoms with Crippen LogP contribution in [0.5, 0.6) is 0 Å².